The van der Waals surface area contributed by atoms with Gasteiger partial charge in [-0.2, -0.15) is 0 Å². The van der Waals surface area contributed by atoms with Crippen molar-refractivity contribution in [2.75, 3.05) is 13.2 Å². The fourth-order valence-electron chi connectivity index (χ4n) is 3.48. The van der Waals surface area contributed by atoms with Crippen molar-refractivity contribution in [2.45, 2.75) is 119 Å². The Bertz CT molecular complexity index is 423. The molecular weight excluding hydrogens is 364 g/mol. The van der Waals surface area contributed by atoms with Crippen LogP contribution in [0.4, 0.5) is 0 Å². The normalized spacial score (nSPS) is 12.8. The van der Waals surface area contributed by atoms with E-state index in [2.05, 4.69) is 27.7 Å². The van der Waals surface area contributed by atoms with Crippen molar-refractivity contribution in [1.29, 1.82) is 0 Å². The lowest BCUT2D eigenvalue weighted by atomic mass is 9.80. The Morgan fingerprint density at radius 1 is 0.759 bits per heavy atom. The lowest BCUT2D eigenvalue weighted by Crippen LogP contribution is -2.28. The highest BCUT2D eigenvalue weighted by Crippen LogP contribution is 2.29. The molecule has 0 aliphatic carbocycles. The Labute approximate surface area is 180 Å². The van der Waals surface area contributed by atoms with E-state index >= 15 is 0 Å². The first-order valence-corrected chi connectivity index (χ1v) is 12.0. The number of rotatable bonds is 17. The molecule has 0 aliphatic heterocycles. The van der Waals surface area contributed by atoms with Gasteiger partial charge in [0.15, 0.2) is 0 Å². The largest absolute Gasteiger partial charge is 0.462 e. The topological polar surface area (TPSA) is 52.6 Å². The third-order valence-electron chi connectivity index (χ3n) is 5.26. The zero-order valence-corrected chi connectivity index (χ0v) is 20.2. The van der Waals surface area contributed by atoms with Crippen LogP contribution in [0.15, 0.2) is 0 Å². The summed E-state index contributed by atoms with van der Waals surface area (Å²) >= 11 is 0. The van der Waals surface area contributed by atoms with E-state index in [1.807, 2.05) is 13.8 Å². The fraction of sp³-hybridized carbons (Fsp3) is 0.920. The minimum Gasteiger partial charge on any atom is -0.462 e. The monoisotopic (exact) mass is 412 g/mol. The highest BCUT2D eigenvalue weighted by atomic mass is 16.6. The maximum Gasteiger partial charge on any atom is 0.309 e. The molecule has 0 saturated carbocycles. The lowest BCUT2D eigenvalue weighted by Gasteiger charge is -2.27. The highest BCUT2D eigenvalue weighted by molar-refractivity contribution is 5.73. The molecule has 0 rings (SSSR count). The van der Waals surface area contributed by atoms with E-state index in [1.165, 1.54) is 51.4 Å². The van der Waals surface area contributed by atoms with Gasteiger partial charge in [0.1, 0.15) is 13.2 Å². The van der Waals surface area contributed by atoms with Gasteiger partial charge in [-0.15, -0.1) is 0 Å². The van der Waals surface area contributed by atoms with Crippen molar-refractivity contribution < 1.29 is 19.1 Å². The molecule has 0 heterocycles. The van der Waals surface area contributed by atoms with E-state index in [0.29, 0.717) is 6.42 Å². The van der Waals surface area contributed by atoms with Gasteiger partial charge in [-0.1, -0.05) is 99.3 Å². The minimum atomic E-state index is -0.185. The Balaban J connectivity index is 3.69. The van der Waals surface area contributed by atoms with Crippen LogP contribution in [0.3, 0.4) is 0 Å². The van der Waals surface area contributed by atoms with Crippen LogP contribution in [0, 0.1) is 17.3 Å². The highest BCUT2D eigenvalue weighted by Gasteiger charge is 2.28. The van der Waals surface area contributed by atoms with Crippen molar-refractivity contribution in [1.82, 2.24) is 0 Å². The zero-order chi connectivity index (χ0) is 22.1. The second-order valence-electron chi connectivity index (χ2n) is 9.94. The average molecular weight is 413 g/mol. The van der Waals surface area contributed by atoms with Gasteiger partial charge in [-0.25, -0.2) is 0 Å². The molecule has 4 nitrogen and oxygen atoms in total. The molecular formula is C25H48O4. The molecule has 0 bridgehead atoms. The lowest BCUT2D eigenvalue weighted by molar-refractivity contribution is -0.157. The van der Waals surface area contributed by atoms with Gasteiger partial charge < -0.3 is 9.47 Å². The quantitative estimate of drug-likeness (QED) is 0.189. The Hall–Kier alpha value is -1.06. The van der Waals surface area contributed by atoms with Crippen LogP contribution in [0.25, 0.3) is 0 Å². The number of unbranched alkanes of at least 4 members (excludes halogenated alkanes) is 9. The molecule has 0 radical (unpaired) electrons. The van der Waals surface area contributed by atoms with Crippen LogP contribution in [-0.2, 0) is 19.1 Å². The molecule has 0 aromatic carbocycles. The summed E-state index contributed by atoms with van der Waals surface area (Å²) < 4.78 is 10.6. The summed E-state index contributed by atoms with van der Waals surface area (Å²) in [4.78, 5) is 24.1. The third-order valence-corrected chi connectivity index (χ3v) is 5.26. The van der Waals surface area contributed by atoms with Crippen LogP contribution < -0.4 is 0 Å². The molecule has 0 aromatic rings. The van der Waals surface area contributed by atoms with E-state index in [9.17, 15) is 9.59 Å². The summed E-state index contributed by atoms with van der Waals surface area (Å²) in [6.07, 6.45) is 13.7. The van der Waals surface area contributed by atoms with Gasteiger partial charge >= 0.3 is 11.9 Å². The molecule has 0 amide bonds. The molecule has 0 aliphatic rings. The Kier molecular flexibility index (Phi) is 16.1. The summed E-state index contributed by atoms with van der Waals surface area (Å²) in [5.41, 5.74) is 0.0788. The van der Waals surface area contributed by atoms with E-state index in [4.69, 9.17) is 9.47 Å². The van der Waals surface area contributed by atoms with E-state index in [-0.39, 0.29) is 42.4 Å². The number of ether oxygens (including phenoxy) is 2. The summed E-state index contributed by atoms with van der Waals surface area (Å²) in [7, 11) is 0. The number of carbonyl (C=O) groups excluding carboxylic acids is 2. The second-order valence-corrected chi connectivity index (χ2v) is 9.94. The van der Waals surface area contributed by atoms with Crippen molar-refractivity contribution in [3.8, 4) is 0 Å². The second kappa shape index (κ2) is 16.7. The first-order valence-electron chi connectivity index (χ1n) is 12.0. The first kappa shape index (κ1) is 27.9. The van der Waals surface area contributed by atoms with Crippen molar-refractivity contribution in [3.05, 3.63) is 0 Å². The summed E-state index contributed by atoms with van der Waals surface area (Å²) in [6, 6.07) is 0. The SMILES string of the molecule is CCCCCCCCCCCCC(=O)OCCOC(=O)C(CC(C)(C)C)C(C)C. The molecule has 172 valence electrons. The number of hydrogen-bond donors (Lipinski definition) is 0. The number of hydrogen-bond acceptors (Lipinski definition) is 4. The molecule has 1 unspecified atom stereocenters. The van der Waals surface area contributed by atoms with Crippen LogP contribution in [0.5, 0.6) is 0 Å². The van der Waals surface area contributed by atoms with Crippen LogP contribution in [0.1, 0.15) is 119 Å². The van der Waals surface area contributed by atoms with Gasteiger partial charge in [0.25, 0.3) is 0 Å². The Morgan fingerprint density at radius 2 is 1.24 bits per heavy atom. The maximum atomic E-state index is 12.3. The fourth-order valence-corrected chi connectivity index (χ4v) is 3.48. The predicted octanol–water partition coefficient (Wildman–Crippen LogP) is 7.09. The molecule has 0 aromatic heterocycles. The molecule has 0 fully saturated rings. The molecule has 0 saturated heterocycles. The van der Waals surface area contributed by atoms with Crippen LogP contribution in [0.2, 0.25) is 0 Å². The van der Waals surface area contributed by atoms with Gasteiger partial charge in [-0.3, -0.25) is 9.59 Å². The Morgan fingerprint density at radius 3 is 1.72 bits per heavy atom. The molecule has 4 heteroatoms. The van der Waals surface area contributed by atoms with Crippen molar-refractivity contribution in [3.63, 3.8) is 0 Å². The zero-order valence-electron chi connectivity index (χ0n) is 20.2. The molecule has 0 spiro atoms. The standard InChI is InChI=1S/C25H48O4/c1-7-8-9-10-11-12-13-14-15-16-17-23(26)28-18-19-29-24(27)22(21(2)3)20-25(4,5)6/h21-22H,7-20H2,1-6H3. The van der Waals surface area contributed by atoms with Crippen LogP contribution >= 0.6 is 0 Å². The van der Waals surface area contributed by atoms with Crippen LogP contribution in [-0.4, -0.2) is 25.2 Å². The summed E-state index contributed by atoms with van der Waals surface area (Å²) in [5, 5.41) is 0. The van der Waals surface area contributed by atoms with Crippen molar-refractivity contribution >= 4 is 11.9 Å². The van der Waals surface area contributed by atoms with Crippen molar-refractivity contribution in [2.24, 2.45) is 17.3 Å². The minimum absolute atomic E-state index is 0.0788. The number of esters is 2. The summed E-state index contributed by atoms with van der Waals surface area (Å²) in [6.45, 7) is 13.0. The predicted molar refractivity (Wildman–Crippen MR) is 121 cm³/mol. The summed E-state index contributed by atoms with van der Waals surface area (Å²) in [5.74, 6) is -0.241. The molecule has 0 N–H and O–H groups in total. The van der Waals surface area contributed by atoms with Gasteiger partial charge in [0.05, 0.1) is 5.92 Å². The van der Waals surface area contributed by atoms with Gasteiger partial charge in [0.2, 0.25) is 0 Å². The van der Waals surface area contributed by atoms with Gasteiger partial charge in [0, 0.05) is 6.42 Å². The smallest absolute Gasteiger partial charge is 0.309 e. The number of carbonyl (C=O) groups is 2. The van der Waals surface area contributed by atoms with E-state index in [0.717, 1.165) is 19.3 Å². The maximum absolute atomic E-state index is 12.3. The first-order chi connectivity index (χ1) is 13.7. The van der Waals surface area contributed by atoms with E-state index in [1.54, 1.807) is 0 Å². The molecule has 29 heavy (non-hydrogen) atoms. The molecule has 1 atom stereocenters. The van der Waals surface area contributed by atoms with E-state index < -0.39 is 0 Å². The van der Waals surface area contributed by atoms with Gasteiger partial charge in [-0.05, 0) is 24.2 Å². The third kappa shape index (κ3) is 17.5. The average Bonchev–Trinajstić information content (AvgIpc) is 2.63.